The Balaban J connectivity index is 2.33. The molecule has 5 heteroatoms. The summed E-state index contributed by atoms with van der Waals surface area (Å²) in [7, 11) is 0. The number of aromatic nitrogens is 2. The molecule has 0 atom stereocenters. The number of aromatic amines is 1. The molecule has 5 nitrogen and oxygen atoms in total. The zero-order valence-electron chi connectivity index (χ0n) is 9.30. The standard InChI is InChI=1S/C12H12N2O3/c1-2-10-13-11(16)7-12(14-10)17-9-6-4-3-5-8(9)15/h3-7,15H,2H2,1H3,(H,13,14,16). The third-order valence-electron chi connectivity index (χ3n) is 2.18. The first kappa shape index (κ1) is 11.2. The van der Waals surface area contributed by atoms with Crippen molar-refractivity contribution in [3.63, 3.8) is 0 Å². The maximum atomic E-state index is 11.3. The molecule has 1 aromatic heterocycles. The number of para-hydroxylation sites is 2. The first-order valence-electron chi connectivity index (χ1n) is 5.25. The number of rotatable bonds is 3. The number of aromatic hydroxyl groups is 1. The molecule has 2 aromatic rings. The van der Waals surface area contributed by atoms with E-state index in [1.54, 1.807) is 18.2 Å². The van der Waals surface area contributed by atoms with Gasteiger partial charge in [-0.15, -0.1) is 0 Å². The molecule has 0 saturated carbocycles. The molecule has 0 aliphatic rings. The summed E-state index contributed by atoms with van der Waals surface area (Å²) in [6, 6.07) is 7.76. The lowest BCUT2D eigenvalue weighted by atomic mass is 10.3. The fraction of sp³-hybridized carbons (Fsp3) is 0.167. The Bertz CT molecular complexity index is 578. The molecule has 0 unspecified atom stereocenters. The summed E-state index contributed by atoms with van der Waals surface area (Å²) in [6.45, 7) is 1.88. The van der Waals surface area contributed by atoms with Gasteiger partial charge in [-0.3, -0.25) is 4.79 Å². The van der Waals surface area contributed by atoms with Gasteiger partial charge in [0.25, 0.3) is 5.56 Å². The van der Waals surface area contributed by atoms with E-state index in [0.717, 1.165) is 0 Å². The number of hydrogen-bond acceptors (Lipinski definition) is 4. The molecular formula is C12H12N2O3. The summed E-state index contributed by atoms with van der Waals surface area (Å²) in [6.07, 6.45) is 0.604. The van der Waals surface area contributed by atoms with E-state index in [4.69, 9.17) is 4.74 Å². The molecule has 0 spiro atoms. The van der Waals surface area contributed by atoms with Gasteiger partial charge in [0.05, 0.1) is 6.07 Å². The van der Waals surface area contributed by atoms with Crippen molar-refractivity contribution in [2.75, 3.05) is 0 Å². The smallest absolute Gasteiger partial charge is 0.254 e. The van der Waals surface area contributed by atoms with Crippen LogP contribution in [0.2, 0.25) is 0 Å². The fourth-order valence-electron chi connectivity index (χ4n) is 1.36. The number of aryl methyl sites for hydroxylation is 1. The highest BCUT2D eigenvalue weighted by atomic mass is 16.5. The van der Waals surface area contributed by atoms with Crippen molar-refractivity contribution in [2.24, 2.45) is 0 Å². The first-order chi connectivity index (χ1) is 8.19. The minimum Gasteiger partial charge on any atom is -0.504 e. The van der Waals surface area contributed by atoms with E-state index < -0.39 is 0 Å². The van der Waals surface area contributed by atoms with E-state index in [2.05, 4.69) is 9.97 Å². The third-order valence-corrected chi connectivity index (χ3v) is 2.18. The molecule has 0 bridgehead atoms. The van der Waals surface area contributed by atoms with Crippen LogP contribution in [0.1, 0.15) is 12.7 Å². The van der Waals surface area contributed by atoms with Crippen molar-refractivity contribution in [3.05, 3.63) is 46.5 Å². The van der Waals surface area contributed by atoms with Crippen LogP contribution in [0.4, 0.5) is 0 Å². The lowest BCUT2D eigenvalue weighted by Gasteiger charge is -2.06. The lowest BCUT2D eigenvalue weighted by molar-refractivity contribution is 0.400. The zero-order valence-corrected chi connectivity index (χ0v) is 9.30. The number of benzene rings is 1. The topological polar surface area (TPSA) is 75.2 Å². The molecule has 0 saturated heterocycles. The zero-order chi connectivity index (χ0) is 12.3. The molecule has 17 heavy (non-hydrogen) atoms. The summed E-state index contributed by atoms with van der Waals surface area (Å²) in [4.78, 5) is 18.0. The highest BCUT2D eigenvalue weighted by Gasteiger charge is 2.05. The quantitative estimate of drug-likeness (QED) is 0.846. The molecule has 0 aliphatic heterocycles. The Labute approximate surface area is 97.7 Å². The van der Waals surface area contributed by atoms with E-state index in [1.165, 1.54) is 12.1 Å². The van der Waals surface area contributed by atoms with E-state index in [-0.39, 0.29) is 22.9 Å². The molecule has 0 fully saturated rings. The van der Waals surface area contributed by atoms with Crippen LogP contribution in [0.25, 0.3) is 0 Å². The molecule has 1 aromatic carbocycles. The predicted octanol–water partition coefficient (Wildman–Crippen LogP) is 1.83. The summed E-state index contributed by atoms with van der Waals surface area (Å²) in [5, 5.41) is 9.53. The Kier molecular flexibility index (Phi) is 3.09. The average Bonchev–Trinajstić information content (AvgIpc) is 2.31. The van der Waals surface area contributed by atoms with Crippen molar-refractivity contribution in [1.29, 1.82) is 0 Å². The van der Waals surface area contributed by atoms with Crippen molar-refractivity contribution in [2.45, 2.75) is 13.3 Å². The van der Waals surface area contributed by atoms with Crippen LogP contribution < -0.4 is 10.3 Å². The number of nitrogens with zero attached hydrogens (tertiary/aromatic N) is 1. The van der Waals surface area contributed by atoms with Gasteiger partial charge in [-0.2, -0.15) is 4.98 Å². The van der Waals surface area contributed by atoms with Gasteiger partial charge in [0.1, 0.15) is 5.82 Å². The first-order valence-corrected chi connectivity index (χ1v) is 5.25. The number of nitrogens with one attached hydrogen (secondary N) is 1. The van der Waals surface area contributed by atoms with Crippen molar-refractivity contribution < 1.29 is 9.84 Å². The number of ether oxygens (including phenoxy) is 1. The van der Waals surface area contributed by atoms with Gasteiger partial charge in [-0.05, 0) is 12.1 Å². The van der Waals surface area contributed by atoms with Crippen molar-refractivity contribution >= 4 is 0 Å². The molecule has 0 amide bonds. The monoisotopic (exact) mass is 232 g/mol. The fourth-order valence-corrected chi connectivity index (χ4v) is 1.36. The summed E-state index contributed by atoms with van der Waals surface area (Å²) < 4.78 is 5.35. The van der Waals surface area contributed by atoms with Gasteiger partial charge in [0.2, 0.25) is 5.88 Å². The molecule has 1 heterocycles. The van der Waals surface area contributed by atoms with Gasteiger partial charge in [-0.1, -0.05) is 19.1 Å². The second-order valence-electron chi connectivity index (χ2n) is 3.45. The van der Waals surface area contributed by atoms with E-state index in [0.29, 0.717) is 12.2 Å². The van der Waals surface area contributed by atoms with Crippen LogP contribution in [0, 0.1) is 0 Å². The van der Waals surface area contributed by atoms with Crippen LogP contribution in [0.5, 0.6) is 17.4 Å². The molecule has 88 valence electrons. The highest BCUT2D eigenvalue weighted by Crippen LogP contribution is 2.28. The molecule has 0 radical (unpaired) electrons. The summed E-state index contributed by atoms with van der Waals surface area (Å²) in [5.41, 5.74) is -0.276. The number of hydrogen-bond donors (Lipinski definition) is 2. The number of phenols is 1. The average molecular weight is 232 g/mol. The summed E-state index contributed by atoms with van der Waals surface area (Å²) >= 11 is 0. The van der Waals surface area contributed by atoms with Crippen LogP contribution in [-0.4, -0.2) is 15.1 Å². The molecule has 2 N–H and O–H groups in total. The summed E-state index contributed by atoms with van der Waals surface area (Å²) in [5.74, 6) is 0.996. The Morgan fingerprint density at radius 1 is 1.41 bits per heavy atom. The normalized spacial score (nSPS) is 10.2. The number of phenolic OH excluding ortho intramolecular Hbond substituents is 1. The van der Waals surface area contributed by atoms with Crippen LogP contribution in [0.3, 0.4) is 0 Å². The van der Waals surface area contributed by atoms with Crippen molar-refractivity contribution in [1.82, 2.24) is 9.97 Å². The Hall–Kier alpha value is -2.30. The molecule has 0 aliphatic carbocycles. The maximum absolute atomic E-state index is 11.3. The van der Waals surface area contributed by atoms with Crippen LogP contribution in [-0.2, 0) is 6.42 Å². The van der Waals surface area contributed by atoms with Crippen LogP contribution in [0.15, 0.2) is 35.1 Å². The molecular weight excluding hydrogens is 220 g/mol. The SMILES string of the molecule is CCc1nc(Oc2ccccc2O)cc(=O)[nH]1. The van der Waals surface area contributed by atoms with Gasteiger partial charge >= 0.3 is 0 Å². The third kappa shape index (κ3) is 2.63. The Morgan fingerprint density at radius 3 is 2.88 bits per heavy atom. The van der Waals surface area contributed by atoms with E-state index in [9.17, 15) is 9.90 Å². The van der Waals surface area contributed by atoms with E-state index >= 15 is 0 Å². The number of H-pyrrole nitrogens is 1. The van der Waals surface area contributed by atoms with Gasteiger partial charge < -0.3 is 14.8 Å². The van der Waals surface area contributed by atoms with Crippen LogP contribution >= 0.6 is 0 Å². The van der Waals surface area contributed by atoms with E-state index in [1.807, 2.05) is 6.92 Å². The van der Waals surface area contributed by atoms with Crippen molar-refractivity contribution in [3.8, 4) is 17.4 Å². The van der Waals surface area contributed by atoms with Gasteiger partial charge in [-0.25, -0.2) is 0 Å². The minimum absolute atomic E-state index is 0.00706. The minimum atomic E-state index is -0.276. The van der Waals surface area contributed by atoms with Gasteiger partial charge in [0, 0.05) is 6.42 Å². The highest BCUT2D eigenvalue weighted by molar-refractivity contribution is 5.40. The second kappa shape index (κ2) is 4.69. The Morgan fingerprint density at radius 2 is 2.18 bits per heavy atom. The van der Waals surface area contributed by atoms with Gasteiger partial charge in [0.15, 0.2) is 11.5 Å². The molecule has 2 rings (SSSR count). The lowest BCUT2D eigenvalue weighted by Crippen LogP contribution is -2.10. The maximum Gasteiger partial charge on any atom is 0.254 e. The predicted molar refractivity (Wildman–Crippen MR) is 62.4 cm³/mol. The second-order valence-corrected chi connectivity index (χ2v) is 3.45. The largest absolute Gasteiger partial charge is 0.504 e.